The summed E-state index contributed by atoms with van der Waals surface area (Å²) < 4.78 is 7.55. The Balaban J connectivity index is 1.65. The number of aromatic nitrogens is 4. The number of para-hydroxylation sites is 1. The number of benzene rings is 2. The SMILES string of the molecule is COc1ccc(-n2nnnc2SCC(=O)Nc2ccccc2Br)cc1. The lowest BCUT2D eigenvalue weighted by Crippen LogP contribution is -2.15. The van der Waals surface area contributed by atoms with Gasteiger partial charge in [0.25, 0.3) is 0 Å². The van der Waals surface area contributed by atoms with Crippen molar-refractivity contribution in [2.24, 2.45) is 0 Å². The molecule has 3 aromatic rings. The Morgan fingerprint density at radius 1 is 1.24 bits per heavy atom. The van der Waals surface area contributed by atoms with Crippen LogP contribution in [-0.2, 0) is 4.79 Å². The van der Waals surface area contributed by atoms with Crippen molar-refractivity contribution in [3.05, 3.63) is 53.0 Å². The maximum Gasteiger partial charge on any atom is 0.234 e. The van der Waals surface area contributed by atoms with Crippen molar-refractivity contribution in [2.45, 2.75) is 5.16 Å². The zero-order valence-corrected chi connectivity index (χ0v) is 15.6. The molecule has 25 heavy (non-hydrogen) atoms. The molecule has 0 aliphatic rings. The largest absolute Gasteiger partial charge is 0.497 e. The number of rotatable bonds is 6. The number of hydrogen-bond donors (Lipinski definition) is 1. The van der Waals surface area contributed by atoms with E-state index in [0.29, 0.717) is 5.16 Å². The molecule has 0 bridgehead atoms. The van der Waals surface area contributed by atoms with Gasteiger partial charge in [0.05, 0.1) is 24.2 Å². The molecule has 0 fully saturated rings. The number of anilines is 1. The monoisotopic (exact) mass is 419 g/mol. The highest BCUT2D eigenvalue weighted by Gasteiger charge is 2.12. The summed E-state index contributed by atoms with van der Waals surface area (Å²) in [4.78, 5) is 12.1. The predicted octanol–water partition coefficient (Wildman–Crippen LogP) is 3.16. The zero-order chi connectivity index (χ0) is 17.6. The van der Waals surface area contributed by atoms with Crippen LogP contribution in [0.1, 0.15) is 0 Å². The minimum absolute atomic E-state index is 0.138. The predicted molar refractivity (Wildman–Crippen MR) is 99.2 cm³/mol. The van der Waals surface area contributed by atoms with Crippen LogP contribution in [0.2, 0.25) is 0 Å². The molecule has 0 unspecified atom stereocenters. The number of methoxy groups -OCH3 is 1. The van der Waals surface area contributed by atoms with E-state index in [0.717, 1.165) is 21.6 Å². The summed E-state index contributed by atoms with van der Waals surface area (Å²) in [6.07, 6.45) is 0. The van der Waals surface area contributed by atoms with E-state index in [-0.39, 0.29) is 11.7 Å². The third-order valence-corrected chi connectivity index (χ3v) is 4.85. The minimum atomic E-state index is -0.138. The number of tetrazole rings is 1. The van der Waals surface area contributed by atoms with Crippen LogP contribution in [0.4, 0.5) is 5.69 Å². The highest BCUT2D eigenvalue weighted by atomic mass is 79.9. The molecule has 0 radical (unpaired) electrons. The molecule has 1 N–H and O–H groups in total. The Kier molecular flexibility index (Phi) is 5.67. The second-order valence-corrected chi connectivity index (χ2v) is 6.68. The Labute approximate surface area is 156 Å². The molecule has 0 aliphatic heterocycles. The second-order valence-electron chi connectivity index (χ2n) is 4.89. The number of nitrogens with one attached hydrogen (secondary N) is 1. The van der Waals surface area contributed by atoms with E-state index >= 15 is 0 Å². The first-order chi connectivity index (χ1) is 12.2. The van der Waals surface area contributed by atoms with Crippen molar-refractivity contribution in [1.82, 2.24) is 20.2 Å². The van der Waals surface area contributed by atoms with Crippen LogP contribution in [0.15, 0.2) is 58.2 Å². The van der Waals surface area contributed by atoms with Crippen LogP contribution in [0.25, 0.3) is 5.69 Å². The summed E-state index contributed by atoms with van der Waals surface area (Å²) in [5, 5.41) is 15.0. The molecule has 0 aliphatic carbocycles. The lowest BCUT2D eigenvalue weighted by atomic mass is 10.3. The molecule has 0 saturated carbocycles. The van der Waals surface area contributed by atoms with Gasteiger partial charge in [-0.15, -0.1) is 5.10 Å². The fourth-order valence-corrected chi connectivity index (χ4v) is 3.11. The highest BCUT2D eigenvalue weighted by molar-refractivity contribution is 9.10. The maximum absolute atomic E-state index is 12.1. The van der Waals surface area contributed by atoms with Crippen molar-refractivity contribution in [1.29, 1.82) is 0 Å². The maximum atomic E-state index is 12.1. The molecule has 0 saturated heterocycles. The van der Waals surface area contributed by atoms with E-state index in [1.807, 2.05) is 48.5 Å². The summed E-state index contributed by atoms with van der Waals surface area (Å²) in [7, 11) is 1.61. The minimum Gasteiger partial charge on any atom is -0.497 e. The van der Waals surface area contributed by atoms with E-state index in [2.05, 4.69) is 36.8 Å². The van der Waals surface area contributed by atoms with Gasteiger partial charge < -0.3 is 10.1 Å². The molecule has 1 amide bonds. The van der Waals surface area contributed by atoms with Crippen molar-refractivity contribution in [2.75, 3.05) is 18.2 Å². The van der Waals surface area contributed by atoms with Gasteiger partial charge in [-0.05, 0) is 62.8 Å². The molecule has 7 nitrogen and oxygen atoms in total. The van der Waals surface area contributed by atoms with Gasteiger partial charge in [-0.3, -0.25) is 4.79 Å². The number of nitrogens with zero attached hydrogens (tertiary/aromatic N) is 4. The molecule has 9 heteroatoms. The molecule has 2 aromatic carbocycles. The number of ether oxygens (including phenoxy) is 1. The van der Waals surface area contributed by atoms with Crippen molar-refractivity contribution in [3.8, 4) is 11.4 Å². The molecular formula is C16H14BrN5O2S. The second kappa shape index (κ2) is 8.13. The Morgan fingerprint density at radius 2 is 2.00 bits per heavy atom. The summed E-state index contributed by atoms with van der Waals surface area (Å²) in [6, 6.07) is 14.8. The zero-order valence-electron chi connectivity index (χ0n) is 13.2. The number of hydrogen-bond acceptors (Lipinski definition) is 6. The van der Waals surface area contributed by atoms with Crippen LogP contribution in [0.3, 0.4) is 0 Å². The molecular weight excluding hydrogens is 406 g/mol. The third kappa shape index (κ3) is 4.37. The summed E-state index contributed by atoms with van der Waals surface area (Å²) >= 11 is 4.66. The molecule has 0 spiro atoms. The Morgan fingerprint density at radius 3 is 2.72 bits per heavy atom. The average molecular weight is 420 g/mol. The van der Waals surface area contributed by atoms with Crippen molar-refractivity contribution >= 4 is 39.3 Å². The quantitative estimate of drug-likeness (QED) is 0.617. The topological polar surface area (TPSA) is 81.9 Å². The normalized spacial score (nSPS) is 10.5. The van der Waals surface area contributed by atoms with Crippen molar-refractivity contribution in [3.63, 3.8) is 0 Å². The van der Waals surface area contributed by atoms with Crippen LogP contribution < -0.4 is 10.1 Å². The fourth-order valence-electron chi connectivity index (χ4n) is 2.03. The van der Waals surface area contributed by atoms with Gasteiger partial charge in [-0.2, -0.15) is 4.68 Å². The molecule has 128 valence electrons. The van der Waals surface area contributed by atoms with Gasteiger partial charge in [0, 0.05) is 4.47 Å². The highest BCUT2D eigenvalue weighted by Crippen LogP contribution is 2.23. The van der Waals surface area contributed by atoms with E-state index in [1.54, 1.807) is 11.8 Å². The third-order valence-electron chi connectivity index (χ3n) is 3.24. The summed E-state index contributed by atoms with van der Waals surface area (Å²) in [5.41, 5.74) is 1.52. The number of halogens is 1. The average Bonchev–Trinajstić information content (AvgIpc) is 3.10. The number of carbonyl (C=O) groups excluding carboxylic acids is 1. The number of thioether (sulfide) groups is 1. The lowest BCUT2D eigenvalue weighted by molar-refractivity contribution is -0.113. The van der Waals surface area contributed by atoms with Crippen LogP contribution in [-0.4, -0.2) is 39.0 Å². The van der Waals surface area contributed by atoms with Gasteiger partial charge in [0.1, 0.15) is 5.75 Å². The van der Waals surface area contributed by atoms with Gasteiger partial charge in [0.2, 0.25) is 11.1 Å². The van der Waals surface area contributed by atoms with E-state index in [4.69, 9.17) is 4.74 Å². The Bertz CT molecular complexity index is 869. The Hall–Kier alpha value is -2.39. The first-order valence-electron chi connectivity index (χ1n) is 7.27. The molecule has 1 heterocycles. The van der Waals surface area contributed by atoms with Gasteiger partial charge >= 0.3 is 0 Å². The summed E-state index contributed by atoms with van der Waals surface area (Å²) in [5.74, 6) is 0.803. The van der Waals surface area contributed by atoms with Crippen LogP contribution in [0.5, 0.6) is 5.75 Å². The standard InChI is InChI=1S/C16H14BrN5O2S/c1-24-12-8-6-11(7-9-12)22-16(19-20-21-22)25-10-15(23)18-14-5-3-2-4-13(14)17/h2-9H,10H2,1H3,(H,18,23). The van der Waals surface area contributed by atoms with Gasteiger partial charge in [0.15, 0.2) is 0 Å². The first kappa shape index (κ1) is 17.4. The molecule has 1 aromatic heterocycles. The van der Waals surface area contributed by atoms with Gasteiger partial charge in [-0.1, -0.05) is 23.9 Å². The summed E-state index contributed by atoms with van der Waals surface area (Å²) in [6.45, 7) is 0. The van der Waals surface area contributed by atoms with E-state index in [9.17, 15) is 4.79 Å². The first-order valence-corrected chi connectivity index (χ1v) is 9.05. The number of amides is 1. The molecule has 0 atom stereocenters. The lowest BCUT2D eigenvalue weighted by Gasteiger charge is -2.07. The van der Waals surface area contributed by atoms with Crippen LogP contribution >= 0.6 is 27.7 Å². The van der Waals surface area contributed by atoms with Crippen LogP contribution in [0, 0.1) is 0 Å². The fraction of sp³-hybridized carbons (Fsp3) is 0.125. The smallest absolute Gasteiger partial charge is 0.234 e. The van der Waals surface area contributed by atoms with E-state index < -0.39 is 0 Å². The number of carbonyl (C=O) groups is 1. The van der Waals surface area contributed by atoms with Crippen molar-refractivity contribution < 1.29 is 9.53 Å². The van der Waals surface area contributed by atoms with E-state index in [1.165, 1.54) is 11.8 Å². The molecule has 3 rings (SSSR count). The van der Waals surface area contributed by atoms with Gasteiger partial charge in [-0.25, -0.2) is 0 Å².